The highest BCUT2D eigenvalue weighted by Gasteiger charge is 2.18. The fourth-order valence-corrected chi connectivity index (χ4v) is 3.23. The number of carbonyl (C=O) groups excluding carboxylic acids is 1. The number of carbonyl (C=O) groups is 1. The molecule has 1 atom stereocenters. The van der Waals surface area contributed by atoms with Gasteiger partial charge in [0, 0.05) is 12.7 Å². The van der Waals surface area contributed by atoms with Gasteiger partial charge in [-0.3, -0.25) is 4.79 Å². The molecule has 3 heterocycles. The van der Waals surface area contributed by atoms with E-state index in [9.17, 15) is 4.79 Å². The van der Waals surface area contributed by atoms with Gasteiger partial charge < -0.3 is 9.73 Å². The van der Waals surface area contributed by atoms with E-state index in [0.29, 0.717) is 35.2 Å². The molecule has 1 aromatic carbocycles. The molecule has 0 aliphatic rings. The first-order chi connectivity index (χ1) is 14.5. The fraction of sp³-hybridized carbons (Fsp3) is 0.217. The van der Waals surface area contributed by atoms with E-state index in [-0.39, 0.29) is 11.8 Å². The highest BCUT2D eigenvalue weighted by molar-refractivity contribution is 5.95. The summed E-state index contributed by atoms with van der Waals surface area (Å²) < 4.78 is 7.21. The third kappa shape index (κ3) is 4.00. The lowest BCUT2D eigenvalue weighted by molar-refractivity contribution is 0.0951. The van der Waals surface area contributed by atoms with Gasteiger partial charge in [0.15, 0.2) is 5.76 Å². The van der Waals surface area contributed by atoms with E-state index in [1.165, 1.54) is 5.56 Å². The van der Waals surface area contributed by atoms with Gasteiger partial charge in [-0.15, -0.1) is 0 Å². The van der Waals surface area contributed by atoms with Crippen LogP contribution in [-0.4, -0.2) is 32.2 Å². The molecule has 4 rings (SSSR count). The Hall–Kier alpha value is -3.74. The fourth-order valence-electron chi connectivity index (χ4n) is 3.23. The van der Waals surface area contributed by atoms with Crippen molar-refractivity contribution in [2.45, 2.75) is 26.7 Å². The van der Waals surface area contributed by atoms with Crippen LogP contribution in [0.25, 0.3) is 17.4 Å². The van der Waals surface area contributed by atoms with Crippen LogP contribution in [0.3, 0.4) is 0 Å². The van der Waals surface area contributed by atoms with Crippen molar-refractivity contribution >= 4 is 5.91 Å². The van der Waals surface area contributed by atoms with Crippen molar-refractivity contribution < 1.29 is 9.21 Å². The van der Waals surface area contributed by atoms with Gasteiger partial charge in [0.25, 0.3) is 11.9 Å². The highest BCUT2D eigenvalue weighted by atomic mass is 16.3. The first-order valence-electron chi connectivity index (χ1n) is 9.81. The number of hydrogen-bond acceptors (Lipinski definition) is 5. The summed E-state index contributed by atoms with van der Waals surface area (Å²) >= 11 is 0. The molecule has 4 aromatic rings. The predicted molar refractivity (Wildman–Crippen MR) is 114 cm³/mol. The van der Waals surface area contributed by atoms with Gasteiger partial charge >= 0.3 is 0 Å². The lowest BCUT2D eigenvalue weighted by atomic mass is 10.0. The highest BCUT2D eigenvalue weighted by Crippen LogP contribution is 2.21. The standard InChI is InChI=1S/C23H23N5O2/c1-15(18-7-5-4-6-8-18)13-25-22(29)19-14-26-28(17(19)3)23-24-12-11-20(27-23)21-10-9-16(2)30-21/h4-12,14-15H,13H2,1-3H3,(H,25,29)/t15-/m0/s1. The molecule has 1 amide bonds. The second-order valence-electron chi connectivity index (χ2n) is 7.23. The molecule has 3 aromatic heterocycles. The molecule has 0 spiro atoms. The Bertz CT molecular complexity index is 1160. The number of nitrogens with zero attached hydrogens (tertiary/aromatic N) is 4. The quantitative estimate of drug-likeness (QED) is 0.526. The van der Waals surface area contributed by atoms with Crippen LogP contribution < -0.4 is 5.32 Å². The minimum atomic E-state index is -0.167. The molecule has 7 nitrogen and oxygen atoms in total. The van der Waals surface area contributed by atoms with Crippen LogP contribution in [0.15, 0.2) is 65.3 Å². The molecule has 0 fully saturated rings. The Morgan fingerprint density at radius 3 is 2.67 bits per heavy atom. The molecule has 152 valence electrons. The van der Waals surface area contributed by atoms with Gasteiger partial charge in [-0.25, -0.2) is 14.6 Å². The zero-order valence-corrected chi connectivity index (χ0v) is 17.2. The number of rotatable bonds is 6. The van der Waals surface area contributed by atoms with Gasteiger partial charge in [-0.05, 0) is 43.5 Å². The smallest absolute Gasteiger partial charge is 0.254 e. The SMILES string of the molecule is Cc1ccc(-c2ccnc(-n3ncc(C(=O)NC[C@H](C)c4ccccc4)c3C)n2)o1. The average Bonchev–Trinajstić information content (AvgIpc) is 3.38. The number of hydrogen-bond donors (Lipinski definition) is 1. The summed E-state index contributed by atoms with van der Waals surface area (Å²) in [4.78, 5) is 21.6. The van der Waals surface area contributed by atoms with E-state index in [0.717, 1.165) is 5.76 Å². The summed E-state index contributed by atoms with van der Waals surface area (Å²) in [7, 11) is 0. The van der Waals surface area contributed by atoms with Gasteiger partial charge in [-0.2, -0.15) is 5.10 Å². The summed E-state index contributed by atoms with van der Waals surface area (Å²) in [6.07, 6.45) is 3.20. The second kappa shape index (κ2) is 8.32. The van der Waals surface area contributed by atoms with Crippen molar-refractivity contribution in [2.24, 2.45) is 0 Å². The van der Waals surface area contributed by atoms with E-state index in [1.807, 2.05) is 44.2 Å². The molecule has 0 aliphatic carbocycles. The minimum Gasteiger partial charge on any atom is -0.460 e. The van der Waals surface area contributed by atoms with Gasteiger partial charge in [0.1, 0.15) is 11.5 Å². The lowest BCUT2D eigenvalue weighted by Gasteiger charge is -2.13. The number of amides is 1. The first kappa shape index (κ1) is 19.6. The summed E-state index contributed by atoms with van der Waals surface area (Å²) in [6.45, 7) is 6.33. The van der Waals surface area contributed by atoms with E-state index in [1.54, 1.807) is 23.1 Å². The zero-order valence-electron chi connectivity index (χ0n) is 17.2. The van der Waals surface area contributed by atoms with Crippen LogP contribution in [-0.2, 0) is 0 Å². The summed E-state index contributed by atoms with van der Waals surface area (Å²) in [5.74, 6) is 1.90. The number of nitrogens with one attached hydrogen (secondary N) is 1. The maximum atomic E-state index is 12.7. The Balaban J connectivity index is 1.50. The normalized spacial score (nSPS) is 12.0. The van der Waals surface area contributed by atoms with Crippen molar-refractivity contribution in [1.29, 1.82) is 0 Å². The maximum Gasteiger partial charge on any atom is 0.254 e. The molecular formula is C23H23N5O2. The summed E-state index contributed by atoms with van der Waals surface area (Å²) in [5.41, 5.74) is 3.01. The Labute approximate surface area is 174 Å². The average molecular weight is 401 g/mol. The largest absolute Gasteiger partial charge is 0.460 e. The van der Waals surface area contributed by atoms with Crippen LogP contribution >= 0.6 is 0 Å². The maximum absolute atomic E-state index is 12.7. The topological polar surface area (TPSA) is 85.8 Å². The Morgan fingerprint density at radius 2 is 1.93 bits per heavy atom. The molecule has 0 saturated heterocycles. The van der Waals surface area contributed by atoms with Crippen molar-refractivity contribution in [3.63, 3.8) is 0 Å². The first-order valence-corrected chi connectivity index (χ1v) is 9.81. The Morgan fingerprint density at radius 1 is 1.13 bits per heavy atom. The lowest BCUT2D eigenvalue weighted by Crippen LogP contribution is -2.27. The van der Waals surface area contributed by atoms with Crippen LogP contribution in [0.2, 0.25) is 0 Å². The van der Waals surface area contributed by atoms with E-state index >= 15 is 0 Å². The minimum absolute atomic E-state index is 0.167. The van der Waals surface area contributed by atoms with Crippen LogP contribution in [0, 0.1) is 13.8 Å². The summed E-state index contributed by atoms with van der Waals surface area (Å²) in [5, 5.41) is 7.33. The van der Waals surface area contributed by atoms with Crippen LogP contribution in [0.1, 0.15) is 40.2 Å². The molecule has 1 N–H and O–H groups in total. The van der Waals surface area contributed by atoms with E-state index < -0.39 is 0 Å². The molecule has 7 heteroatoms. The molecule has 0 bridgehead atoms. The van der Waals surface area contributed by atoms with Gasteiger partial charge in [0.05, 0.1) is 17.5 Å². The number of aromatic nitrogens is 4. The molecule has 0 saturated carbocycles. The zero-order chi connectivity index (χ0) is 21.1. The molecule has 0 radical (unpaired) electrons. The van der Waals surface area contributed by atoms with Crippen LogP contribution in [0.4, 0.5) is 0 Å². The van der Waals surface area contributed by atoms with Gasteiger partial charge in [-0.1, -0.05) is 37.3 Å². The van der Waals surface area contributed by atoms with Crippen molar-refractivity contribution in [3.05, 3.63) is 83.5 Å². The Kier molecular flexibility index (Phi) is 5.43. The number of aryl methyl sites for hydroxylation is 1. The number of benzene rings is 1. The van der Waals surface area contributed by atoms with Crippen LogP contribution in [0.5, 0.6) is 0 Å². The monoisotopic (exact) mass is 401 g/mol. The third-order valence-corrected chi connectivity index (χ3v) is 5.02. The summed E-state index contributed by atoms with van der Waals surface area (Å²) in [6, 6.07) is 15.6. The number of furan rings is 1. The molecule has 0 unspecified atom stereocenters. The second-order valence-corrected chi connectivity index (χ2v) is 7.23. The third-order valence-electron chi connectivity index (χ3n) is 5.02. The van der Waals surface area contributed by atoms with E-state index in [2.05, 4.69) is 39.4 Å². The van der Waals surface area contributed by atoms with Crippen molar-refractivity contribution in [2.75, 3.05) is 6.54 Å². The molecular weight excluding hydrogens is 378 g/mol. The van der Waals surface area contributed by atoms with Crippen molar-refractivity contribution in [3.8, 4) is 17.4 Å². The van der Waals surface area contributed by atoms with Crippen molar-refractivity contribution in [1.82, 2.24) is 25.1 Å². The predicted octanol–water partition coefficient (Wildman–Crippen LogP) is 4.07. The molecule has 0 aliphatic heterocycles. The molecule has 30 heavy (non-hydrogen) atoms. The van der Waals surface area contributed by atoms with E-state index in [4.69, 9.17) is 4.42 Å². The van der Waals surface area contributed by atoms with Gasteiger partial charge in [0.2, 0.25) is 0 Å².